The third kappa shape index (κ3) is 5.72. The molecule has 1 aromatic rings. The number of rotatable bonds is 10. The van der Waals surface area contributed by atoms with Gasteiger partial charge in [-0.3, -0.25) is 4.79 Å². The lowest BCUT2D eigenvalue weighted by molar-refractivity contribution is -0.136. The molecular weight excluding hydrogens is 339 g/mol. The highest BCUT2D eigenvalue weighted by molar-refractivity contribution is 5.72. The van der Waals surface area contributed by atoms with E-state index in [-0.39, 0.29) is 13.2 Å². The molecule has 0 saturated carbocycles. The number of hydrogen-bond donors (Lipinski definition) is 0. The minimum Gasteiger partial charge on any atom is -0.420 e. The van der Waals surface area contributed by atoms with Gasteiger partial charge in [0.05, 0.1) is 26.2 Å². The first-order chi connectivity index (χ1) is 11.4. The van der Waals surface area contributed by atoms with Crippen LogP contribution >= 0.6 is 0 Å². The van der Waals surface area contributed by atoms with Crippen LogP contribution in [-0.2, 0) is 14.3 Å². The monoisotopic (exact) mass is 356 g/mol. The van der Waals surface area contributed by atoms with Gasteiger partial charge in [-0.1, -0.05) is 13.3 Å². The van der Waals surface area contributed by atoms with E-state index in [1.165, 1.54) is 0 Å². The van der Waals surface area contributed by atoms with Crippen LogP contribution in [0.5, 0.6) is 5.75 Å². The summed E-state index contributed by atoms with van der Waals surface area (Å²) in [6.45, 7) is 2.95. The van der Waals surface area contributed by atoms with Crippen LogP contribution in [-0.4, -0.2) is 32.4 Å². The Morgan fingerprint density at radius 3 is 1.83 bits per heavy atom. The van der Waals surface area contributed by atoms with Crippen LogP contribution in [0.4, 0.5) is 22.0 Å². The zero-order chi connectivity index (χ0) is 18.1. The lowest BCUT2D eigenvalue weighted by atomic mass is 10.2. The van der Waals surface area contributed by atoms with Crippen molar-refractivity contribution in [1.82, 2.24) is 0 Å². The standard InChI is InChI=1S/C15H17F5O4/c1-2-3-5-22-7-8-23-6-4-9(21)24-15-13(19)11(17)10(16)12(18)14(15)20/h2-8H2,1H3. The van der Waals surface area contributed by atoms with Crippen molar-refractivity contribution in [3.63, 3.8) is 0 Å². The summed E-state index contributed by atoms with van der Waals surface area (Å²) in [6, 6.07) is 0. The van der Waals surface area contributed by atoms with Gasteiger partial charge >= 0.3 is 5.97 Å². The number of unbranched alkanes of at least 4 members (excludes halogenated alkanes) is 1. The lowest BCUT2D eigenvalue weighted by Gasteiger charge is -2.09. The molecule has 136 valence electrons. The summed E-state index contributed by atoms with van der Waals surface area (Å²) in [5.41, 5.74) is 0. The van der Waals surface area contributed by atoms with Gasteiger partial charge in [0.25, 0.3) is 0 Å². The van der Waals surface area contributed by atoms with Crippen molar-refractivity contribution in [2.75, 3.05) is 26.4 Å². The summed E-state index contributed by atoms with van der Waals surface area (Å²) in [6.07, 6.45) is 1.48. The van der Waals surface area contributed by atoms with E-state index in [0.717, 1.165) is 12.8 Å². The number of ether oxygens (including phenoxy) is 3. The summed E-state index contributed by atoms with van der Waals surface area (Å²) in [5.74, 6) is -13.9. The lowest BCUT2D eigenvalue weighted by Crippen LogP contribution is -2.16. The van der Waals surface area contributed by atoms with Crippen LogP contribution in [0.25, 0.3) is 0 Å². The molecule has 0 atom stereocenters. The molecule has 24 heavy (non-hydrogen) atoms. The smallest absolute Gasteiger partial charge is 0.313 e. The molecule has 0 aliphatic carbocycles. The first-order valence-corrected chi connectivity index (χ1v) is 7.27. The molecule has 0 bridgehead atoms. The molecule has 1 aromatic carbocycles. The third-order valence-corrected chi connectivity index (χ3v) is 2.85. The van der Waals surface area contributed by atoms with Crippen LogP contribution in [0.15, 0.2) is 0 Å². The maximum atomic E-state index is 13.3. The molecule has 0 aromatic heterocycles. The highest BCUT2D eigenvalue weighted by Gasteiger charge is 2.28. The number of carbonyl (C=O) groups is 1. The average molecular weight is 356 g/mol. The molecule has 4 nitrogen and oxygen atoms in total. The Hall–Kier alpha value is -1.74. The van der Waals surface area contributed by atoms with E-state index in [0.29, 0.717) is 13.2 Å². The Balaban J connectivity index is 2.41. The van der Waals surface area contributed by atoms with E-state index in [2.05, 4.69) is 4.74 Å². The van der Waals surface area contributed by atoms with Crippen LogP contribution in [0.1, 0.15) is 26.2 Å². The Morgan fingerprint density at radius 1 is 0.792 bits per heavy atom. The average Bonchev–Trinajstić information content (AvgIpc) is 2.57. The van der Waals surface area contributed by atoms with Gasteiger partial charge in [-0.25, -0.2) is 13.2 Å². The number of benzene rings is 1. The molecule has 0 saturated heterocycles. The SMILES string of the molecule is CCCCOCCOCCC(=O)Oc1c(F)c(F)c(F)c(F)c1F. The number of hydrogen-bond acceptors (Lipinski definition) is 4. The molecule has 0 amide bonds. The normalized spacial score (nSPS) is 10.9. The topological polar surface area (TPSA) is 44.8 Å². The predicted molar refractivity (Wildman–Crippen MR) is 73.0 cm³/mol. The summed E-state index contributed by atoms with van der Waals surface area (Å²) in [7, 11) is 0. The van der Waals surface area contributed by atoms with E-state index in [4.69, 9.17) is 9.47 Å². The Labute approximate surface area is 135 Å². The van der Waals surface area contributed by atoms with Gasteiger partial charge in [0.2, 0.25) is 34.8 Å². The maximum Gasteiger partial charge on any atom is 0.313 e. The summed E-state index contributed by atoms with van der Waals surface area (Å²) >= 11 is 0. The molecule has 1 rings (SSSR count). The van der Waals surface area contributed by atoms with E-state index < -0.39 is 47.2 Å². The van der Waals surface area contributed by atoms with Crippen molar-refractivity contribution >= 4 is 5.97 Å². The van der Waals surface area contributed by atoms with Gasteiger partial charge in [-0.2, -0.15) is 8.78 Å². The van der Waals surface area contributed by atoms with Crippen molar-refractivity contribution in [2.24, 2.45) is 0 Å². The zero-order valence-electron chi connectivity index (χ0n) is 13.0. The molecule has 0 heterocycles. The van der Waals surface area contributed by atoms with Gasteiger partial charge in [-0.05, 0) is 6.42 Å². The van der Waals surface area contributed by atoms with Gasteiger partial charge in [0.15, 0.2) is 0 Å². The highest BCUT2D eigenvalue weighted by atomic mass is 19.2. The van der Waals surface area contributed by atoms with Crippen LogP contribution in [0.2, 0.25) is 0 Å². The molecular formula is C15H17F5O4. The Bertz CT molecular complexity index is 536. The first-order valence-electron chi connectivity index (χ1n) is 7.27. The van der Waals surface area contributed by atoms with Crippen molar-refractivity contribution in [3.05, 3.63) is 29.1 Å². The number of halogens is 5. The molecule has 0 N–H and O–H groups in total. The second kappa shape index (κ2) is 10.2. The minimum absolute atomic E-state index is 0.147. The van der Waals surface area contributed by atoms with Gasteiger partial charge in [0.1, 0.15) is 0 Å². The molecule has 0 radical (unpaired) electrons. The zero-order valence-corrected chi connectivity index (χ0v) is 13.0. The molecule has 0 spiro atoms. The van der Waals surface area contributed by atoms with E-state index >= 15 is 0 Å². The predicted octanol–water partition coefficient (Wildman–Crippen LogP) is 3.51. The molecule has 0 unspecified atom stereocenters. The Kier molecular flexibility index (Phi) is 8.62. The second-order valence-electron chi connectivity index (χ2n) is 4.70. The minimum atomic E-state index is -2.32. The fourth-order valence-electron chi connectivity index (χ4n) is 1.56. The van der Waals surface area contributed by atoms with Crippen molar-refractivity contribution < 1.29 is 41.0 Å². The van der Waals surface area contributed by atoms with Gasteiger partial charge in [-0.15, -0.1) is 0 Å². The van der Waals surface area contributed by atoms with Gasteiger partial charge in [0, 0.05) is 6.61 Å². The fraction of sp³-hybridized carbons (Fsp3) is 0.533. The van der Waals surface area contributed by atoms with E-state index in [1.807, 2.05) is 6.92 Å². The summed E-state index contributed by atoms with van der Waals surface area (Å²) in [4.78, 5) is 11.4. The molecule has 9 heteroatoms. The van der Waals surface area contributed by atoms with E-state index in [9.17, 15) is 26.7 Å². The Morgan fingerprint density at radius 2 is 1.29 bits per heavy atom. The second-order valence-corrected chi connectivity index (χ2v) is 4.70. The molecule has 0 fully saturated rings. The molecule has 0 aliphatic rings. The van der Waals surface area contributed by atoms with E-state index in [1.54, 1.807) is 0 Å². The van der Waals surface area contributed by atoms with Crippen LogP contribution in [0.3, 0.4) is 0 Å². The van der Waals surface area contributed by atoms with Gasteiger partial charge < -0.3 is 14.2 Å². The van der Waals surface area contributed by atoms with Crippen LogP contribution in [0, 0.1) is 29.1 Å². The quantitative estimate of drug-likeness (QED) is 0.161. The maximum absolute atomic E-state index is 13.3. The van der Waals surface area contributed by atoms with Crippen LogP contribution < -0.4 is 4.74 Å². The first kappa shape index (κ1) is 20.3. The molecule has 0 aliphatic heterocycles. The summed E-state index contributed by atoms with van der Waals surface area (Å²) < 4.78 is 79.8. The largest absolute Gasteiger partial charge is 0.420 e. The fourth-order valence-corrected chi connectivity index (χ4v) is 1.56. The van der Waals surface area contributed by atoms with Crippen molar-refractivity contribution in [1.29, 1.82) is 0 Å². The highest BCUT2D eigenvalue weighted by Crippen LogP contribution is 2.29. The summed E-state index contributed by atoms with van der Waals surface area (Å²) in [5, 5.41) is 0. The van der Waals surface area contributed by atoms with Crippen molar-refractivity contribution in [3.8, 4) is 5.75 Å². The van der Waals surface area contributed by atoms with Crippen molar-refractivity contribution in [2.45, 2.75) is 26.2 Å². The number of esters is 1. The number of carbonyl (C=O) groups excluding carboxylic acids is 1. The third-order valence-electron chi connectivity index (χ3n) is 2.85.